The molecule has 1 amide bonds. The number of rotatable bonds is 8. The third kappa shape index (κ3) is 8.09. The molecule has 1 atom stereocenters. The van der Waals surface area contributed by atoms with Crippen molar-refractivity contribution in [3.8, 4) is 0 Å². The average Bonchev–Trinajstić information content (AvgIpc) is 2.24. The van der Waals surface area contributed by atoms with Crippen molar-refractivity contribution in [2.24, 2.45) is 11.3 Å². The smallest absolute Gasteiger partial charge is 0.303 e. The number of amides is 1. The third-order valence-corrected chi connectivity index (χ3v) is 3.31. The molecule has 1 unspecified atom stereocenters. The predicted octanol–water partition coefficient (Wildman–Crippen LogP) is 2.82. The molecule has 0 saturated carbocycles. The Balaban J connectivity index is 3.55. The molecule has 0 radical (unpaired) electrons. The summed E-state index contributed by atoms with van der Waals surface area (Å²) in [4.78, 5) is 22.1. The summed E-state index contributed by atoms with van der Waals surface area (Å²) in [5.74, 6) is -0.625. The number of hydrogen-bond donors (Lipinski definition) is 2. The molecule has 0 aromatic rings. The fourth-order valence-electron chi connectivity index (χ4n) is 1.51. The van der Waals surface area contributed by atoms with Crippen molar-refractivity contribution < 1.29 is 14.7 Å². The summed E-state index contributed by atoms with van der Waals surface area (Å²) in [5.41, 5.74) is -0.00836. The largest absolute Gasteiger partial charge is 0.481 e. The number of carboxylic acids is 1. The highest BCUT2D eigenvalue weighted by molar-refractivity contribution is 5.78. The van der Waals surface area contributed by atoms with Crippen molar-refractivity contribution in [1.29, 1.82) is 0 Å². The number of nitrogens with one attached hydrogen (secondary N) is 1. The summed E-state index contributed by atoms with van der Waals surface area (Å²) >= 11 is 0. The van der Waals surface area contributed by atoms with Gasteiger partial charge in [-0.1, -0.05) is 40.5 Å². The molecule has 0 saturated heterocycles. The van der Waals surface area contributed by atoms with Crippen LogP contribution in [0.15, 0.2) is 0 Å². The molecular formula is C14H27NO3. The van der Waals surface area contributed by atoms with Crippen LogP contribution in [0.1, 0.15) is 59.8 Å². The molecule has 0 rings (SSSR count). The first-order valence-corrected chi connectivity index (χ1v) is 6.74. The molecule has 106 valence electrons. The van der Waals surface area contributed by atoms with Gasteiger partial charge in [0, 0.05) is 18.9 Å². The van der Waals surface area contributed by atoms with E-state index in [1.807, 2.05) is 6.92 Å². The van der Waals surface area contributed by atoms with Crippen LogP contribution in [0.2, 0.25) is 0 Å². The molecule has 2 N–H and O–H groups in total. The standard InChI is InChI=1S/C14H27NO3/c1-11(14(2,3)4)13(18)15-10-8-6-5-7-9-12(16)17/h11H,5-10H2,1-4H3,(H,15,18)(H,16,17). The minimum absolute atomic E-state index is 0.00418. The molecule has 0 aromatic heterocycles. The lowest BCUT2D eigenvalue weighted by atomic mass is 9.81. The summed E-state index contributed by atoms with van der Waals surface area (Å²) in [6, 6.07) is 0. The molecule has 0 fully saturated rings. The van der Waals surface area contributed by atoms with Gasteiger partial charge in [0.2, 0.25) is 5.91 Å². The second-order valence-corrected chi connectivity index (χ2v) is 5.94. The van der Waals surface area contributed by atoms with Gasteiger partial charge in [0.1, 0.15) is 0 Å². The first-order chi connectivity index (χ1) is 8.25. The van der Waals surface area contributed by atoms with Crippen LogP contribution >= 0.6 is 0 Å². The van der Waals surface area contributed by atoms with Crippen molar-refractivity contribution in [3.05, 3.63) is 0 Å². The first kappa shape index (κ1) is 16.9. The predicted molar refractivity (Wildman–Crippen MR) is 72.3 cm³/mol. The number of carboxylic acid groups (broad SMARTS) is 1. The maximum Gasteiger partial charge on any atom is 0.303 e. The highest BCUT2D eigenvalue weighted by atomic mass is 16.4. The number of aliphatic carboxylic acids is 1. The fourth-order valence-corrected chi connectivity index (χ4v) is 1.51. The van der Waals surface area contributed by atoms with Crippen LogP contribution in [0.4, 0.5) is 0 Å². The quantitative estimate of drug-likeness (QED) is 0.657. The summed E-state index contributed by atoms with van der Waals surface area (Å²) in [6.07, 6.45) is 3.77. The van der Waals surface area contributed by atoms with E-state index >= 15 is 0 Å². The van der Waals surface area contributed by atoms with Crippen molar-refractivity contribution in [2.45, 2.75) is 59.8 Å². The van der Waals surface area contributed by atoms with E-state index in [0.29, 0.717) is 6.54 Å². The van der Waals surface area contributed by atoms with Crippen LogP contribution in [-0.4, -0.2) is 23.5 Å². The Labute approximate surface area is 110 Å². The summed E-state index contributed by atoms with van der Waals surface area (Å²) in [5, 5.41) is 11.4. The molecule has 4 heteroatoms. The van der Waals surface area contributed by atoms with E-state index in [1.165, 1.54) is 0 Å². The number of carbonyl (C=O) groups is 2. The van der Waals surface area contributed by atoms with Crippen molar-refractivity contribution in [3.63, 3.8) is 0 Å². The molecule has 0 aliphatic heterocycles. The van der Waals surface area contributed by atoms with Gasteiger partial charge in [-0.25, -0.2) is 0 Å². The molecule has 0 bridgehead atoms. The van der Waals surface area contributed by atoms with Crippen LogP contribution < -0.4 is 5.32 Å². The lowest BCUT2D eigenvalue weighted by Crippen LogP contribution is -2.36. The van der Waals surface area contributed by atoms with Crippen LogP contribution in [0.3, 0.4) is 0 Å². The maximum atomic E-state index is 11.8. The Morgan fingerprint density at radius 2 is 1.67 bits per heavy atom. The number of carbonyl (C=O) groups excluding carboxylic acids is 1. The van der Waals surface area contributed by atoms with Gasteiger partial charge in [-0.3, -0.25) is 9.59 Å². The zero-order valence-electron chi connectivity index (χ0n) is 12.1. The normalized spacial score (nSPS) is 13.1. The summed E-state index contributed by atoms with van der Waals surface area (Å²) < 4.78 is 0. The highest BCUT2D eigenvalue weighted by Crippen LogP contribution is 2.25. The Bertz CT molecular complexity index is 269. The van der Waals surface area contributed by atoms with Gasteiger partial charge < -0.3 is 10.4 Å². The number of hydrogen-bond acceptors (Lipinski definition) is 2. The van der Waals surface area contributed by atoms with Gasteiger partial charge in [-0.05, 0) is 18.3 Å². The van der Waals surface area contributed by atoms with E-state index in [4.69, 9.17) is 5.11 Å². The minimum Gasteiger partial charge on any atom is -0.481 e. The van der Waals surface area contributed by atoms with Gasteiger partial charge in [-0.15, -0.1) is 0 Å². The van der Waals surface area contributed by atoms with Crippen LogP contribution in [0.25, 0.3) is 0 Å². The monoisotopic (exact) mass is 257 g/mol. The average molecular weight is 257 g/mol. The van der Waals surface area contributed by atoms with Crippen molar-refractivity contribution >= 4 is 11.9 Å². The minimum atomic E-state index is -0.734. The Hall–Kier alpha value is -1.06. The van der Waals surface area contributed by atoms with E-state index in [9.17, 15) is 9.59 Å². The molecule has 0 heterocycles. The second-order valence-electron chi connectivity index (χ2n) is 5.94. The van der Waals surface area contributed by atoms with Crippen LogP contribution in [-0.2, 0) is 9.59 Å². The molecule has 0 aromatic carbocycles. The lowest BCUT2D eigenvalue weighted by molar-refractivity contribution is -0.137. The molecular weight excluding hydrogens is 230 g/mol. The maximum absolute atomic E-state index is 11.8. The Morgan fingerprint density at radius 3 is 2.17 bits per heavy atom. The number of unbranched alkanes of at least 4 members (excludes halogenated alkanes) is 3. The van der Waals surface area contributed by atoms with Gasteiger partial charge >= 0.3 is 5.97 Å². The van der Waals surface area contributed by atoms with Gasteiger partial charge in [0.05, 0.1) is 0 Å². The van der Waals surface area contributed by atoms with Gasteiger partial charge in [-0.2, -0.15) is 0 Å². The van der Waals surface area contributed by atoms with Gasteiger partial charge in [0.15, 0.2) is 0 Å². The molecule has 18 heavy (non-hydrogen) atoms. The van der Waals surface area contributed by atoms with E-state index < -0.39 is 5.97 Å². The zero-order valence-corrected chi connectivity index (χ0v) is 12.1. The van der Waals surface area contributed by atoms with Gasteiger partial charge in [0.25, 0.3) is 0 Å². The van der Waals surface area contributed by atoms with Crippen LogP contribution in [0.5, 0.6) is 0 Å². The fraction of sp³-hybridized carbons (Fsp3) is 0.857. The zero-order chi connectivity index (χ0) is 14.2. The summed E-state index contributed by atoms with van der Waals surface area (Å²) in [7, 11) is 0. The van der Waals surface area contributed by atoms with E-state index in [0.717, 1.165) is 25.7 Å². The molecule has 0 aliphatic rings. The first-order valence-electron chi connectivity index (χ1n) is 6.74. The Morgan fingerprint density at radius 1 is 1.11 bits per heavy atom. The molecule has 4 nitrogen and oxygen atoms in total. The topological polar surface area (TPSA) is 66.4 Å². The molecule has 0 spiro atoms. The van der Waals surface area contributed by atoms with Crippen LogP contribution in [0, 0.1) is 11.3 Å². The second kappa shape index (κ2) is 8.11. The lowest BCUT2D eigenvalue weighted by Gasteiger charge is -2.26. The van der Waals surface area contributed by atoms with E-state index in [2.05, 4.69) is 26.1 Å². The van der Waals surface area contributed by atoms with Crippen molar-refractivity contribution in [2.75, 3.05) is 6.54 Å². The Kier molecular flexibility index (Phi) is 7.64. The summed E-state index contributed by atoms with van der Waals surface area (Å²) in [6.45, 7) is 8.81. The van der Waals surface area contributed by atoms with Crippen molar-refractivity contribution in [1.82, 2.24) is 5.32 Å². The highest BCUT2D eigenvalue weighted by Gasteiger charge is 2.26. The molecule has 0 aliphatic carbocycles. The SMILES string of the molecule is CC(C(=O)NCCCCCCC(=O)O)C(C)(C)C. The van der Waals surface area contributed by atoms with E-state index in [1.54, 1.807) is 0 Å². The van der Waals surface area contributed by atoms with E-state index in [-0.39, 0.29) is 23.7 Å². The third-order valence-electron chi connectivity index (χ3n) is 3.31.